The van der Waals surface area contributed by atoms with E-state index in [9.17, 15) is 4.79 Å². The highest BCUT2D eigenvalue weighted by Gasteiger charge is 2.14. The molecular formula is C11H7N3O. The van der Waals surface area contributed by atoms with Crippen LogP contribution in [0.25, 0.3) is 0 Å². The van der Waals surface area contributed by atoms with Crippen LogP contribution in [0.5, 0.6) is 0 Å². The minimum atomic E-state index is -0.267. The molecule has 4 heteroatoms. The lowest BCUT2D eigenvalue weighted by Gasteiger charge is -1.99. The van der Waals surface area contributed by atoms with Crippen molar-refractivity contribution in [2.75, 3.05) is 0 Å². The summed E-state index contributed by atoms with van der Waals surface area (Å²) < 4.78 is 0. The average molecular weight is 197 g/mol. The third kappa shape index (κ3) is 1.63. The van der Waals surface area contributed by atoms with Gasteiger partial charge in [-0.25, -0.2) is 4.98 Å². The summed E-state index contributed by atoms with van der Waals surface area (Å²) in [5.41, 5.74) is 0.730. The quantitative estimate of drug-likeness (QED) is 0.742. The van der Waals surface area contributed by atoms with E-state index in [2.05, 4.69) is 9.97 Å². The van der Waals surface area contributed by atoms with Gasteiger partial charge in [-0.2, -0.15) is 5.26 Å². The molecule has 0 aliphatic heterocycles. The zero-order chi connectivity index (χ0) is 10.7. The van der Waals surface area contributed by atoms with E-state index in [1.807, 2.05) is 6.07 Å². The Morgan fingerprint density at radius 3 is 2.87 bits per heavy atom. The lowest BCUT2D eigenvalue weighted by Crippen LogP contribution is -2.05. The van der Waals surface area contributed by atoms with E-state index >= 15 is 0 Å². The molecule has 4 nitrogen and oxygen atoms in total. The molecule has 1 aromatic heterocycles. The molecule has 0 aliphatic carbocycles. The Balaban J connectivity index is 2.47. The summed E-state index contributed by atoms with van der Waals surface area (Å²) in [6.07, 6.45) is 3.07. The van der Waals surface area contributed by atoms with Gasteiger partial charge in [0.05, 0.1) is 11.6 Å². The first-order valence-corrected chi connectivity index (χ1v) is 4.36. The average Bonchev–Trinajstić information content (AvgIpc) is 2.81. The maximum absolute atomic E-state index is 11.8. The number of carbonyl (C=O) groups is 1. The van der Waals surface area contributed by atoms with Crippen LogP contribution >= 0.6 is 0 Å². The summed E-state index contributed by atoms with van der Waals surface area (Å²) in [7, 11) is 0. The number of aromatic nitrogens is 2. The summed E-state index contributed by atoms with van der Waals surface area (Å²) in [4.78, 5) is 18.4. The van der Waals surface area contributed by atoms with Gasteiger partial charge >= 0.3 is 0 Å². The predicted octanol–water partition coefficient (Wildman–Crippen LogP) is 1.51. The smallest absolute Gasteiger partial charge is 0.229 e. The molecule has 1 N–H and O–H groups in total. The molecule has 0 amide bonds. The molecule has 0 saturated carbocycles. The van der Waals surface area contributed by atoms with E-state index in [-0.39, 0.29) is 11.6 Å². The van der Waals surface area contributed by atoms with Gasteiger partial charge in [-0.1, -0.05) is 12.1 Å². The van der Waals surface area contributed by atoms with Gasteiger partial charge in [-0.15, -0.1) is 0 Å². The number of H-pyrrole nitrogens is 1. The van der Waals surface area contributed by atoms with Crippen molar-refractivity contribution in [3.05, 3.63) is 53.6 Å². The maximum Gasteiger partial charge on any atom is 0.229 e. The number of ketones is 1. The monoisotopic (exact) mass is 197 g/mol. The van der Waals surface area contributed by atoms with E-state index < -0.39 is 0 Å². The fourth-order valence-corrected chi connectivity index (χ4v) is 1.30. The number of imidazole rings is 1. The number of nitrogens with one attached hydrogen (secondary N) is 1. The second-order valence-corrected chi connectivity index (χ2v) is 2.92. The van der Waals surface area contributed by atoms with Gasteiger partial charge in [-0.3, -0.25) is 4.79 Å². The van der Waals surface area contributed by atoms with Crippen molar-refractivity contribution < 1.29 is 4.79 Å². The van der Waals surface area contributed by atoms with Gasteiger partial charge < -0.3 is 4.98 Å². The Morgan fingerprint density at radius 1 is 1.40 bits per heavy atom. The molecule has 1 heterocycles. The SMILES string of the molecule is N#Cc1ccccc1C(=O)c1ncc[nH]1. The van der Waals surface area contributed by atoms with Crippen molar-refractivity contribution in [3.63, 3.8) is 0 Å². The van der Waals surface area contributed by atoms with Crippen molar-refractivity contribution in [1.82, 2.24) is 9.97 Å². The Hall–Kier alpha value is -2.41. The van der Waals surface area contributed by atoms with Crippen molar-refractivity contribution in [1.29, 1.82) is 5.26 Å². The number of aromatic amines is 1. The number of hydrogen-bond donors (Lipinski definition) is 1. The molecule has 0 bridgehead atoms. The van der Waals surface area contributed by atoms with Crippen LogP contribution in [0.1, 0.15) is 21.7 Å². The van der Waals surface area contributed by atoms with Crippen LogP contribution in [-0.4, -0.2) is 15.8 Å². The van der Waals surface area contributed by atoms with E-state index in [0.717, 1.165) is 0 Å². The molecule has 0 unspecified atom stereocenters. The Labute approximate surface area is 86.2 Å². The van der Waals surface area contributed by atoms with Crippen LogP contribution < -0.4 is 0 Å². The minimum absolute atomic E-state index is 0.248. The Kier molecular flexibility index (Phi) is 2.30. The van der Waals surface area contributed by atoms with Crippen LogP contribution in [0.15, 0.2) is 36.7 Å². The normalized spacial score (nSPS) is 9.53. The second-order valence-electron chi connectivity index (χ2n) is 2.92. The molecule has 0 fully saturated rings. The van der Waals surface area contributed by atoms with E-state index in [4.69, 9.17) is 5.26 Å². The van der Waals surface area contributed by atoms with Crippen molar-refractivity contribution >= 4 is 5.78 Å². The molecule has 1 aromatic carbocycles. The molecule has 2 aromatic rings. The van der Waals surface area contributed by atoms with Crippen LogP contribution in [0.3, 0.4) is 0 Å². The van der Waals surface area contributed by atoms with Gasteiger partial charge in [0.1, 0.15) is 0 Å². The highest BCUT2D eigenvalue weighted by molar-refractivity contribution is 6.08. The fraction of sp³-hybridized carbons (Fsp3) is 0. The lowest BCUT2D eigenvalue weighted by atomic mass is 10.0. The molecule has 0 radical (unpaired) electrons. The van der Waals surface area contributed by atoms with Crippen molar-refractivity contribution in [2.45, 2.75) is 0 Å². The first-order valence-electron chi connectivity index (χ1n) is 4.36. The lowest BCUT2D eigenvalue weighted by molar-refractivity contribution is 0.103. The van der Waals surface area contributed by atoms with Crippen LogP contribution in [-0.2, 0) is 0 Å². The molecule has 2 rings (SSSR count). The highest BCUT2D eigenvalue weighted by atomic mass is 16.1. The summed E-state index contributed by atoms with van der Waals surface area (Å²) >= 11 is 0. The van der Waals surface area contributed by atoms with Gasteiger partial charge in [-0.05, 0) is 12.1 Å². The standard InChI is InChI=1S/C11H7N3O/c12-7-8-3-1-2-4-9(8)10(15)11-13-5-6-14-11/h1-6H,(H,13,14). The fourth-order valence-electron chi connectivity index (χ4n) is 1.30. The Morgan fingerprint density at radius 2 is 2.20 bits per heavy atom. The van der Waals surface area contributed by atoms with E-state index in [1.54, 1.807) is 30.5 Å². The van der Waals surface area contributed by atoms with Gasteiger partial charge in [0.25, 0.3) is 0 Å². The van der Waals surface area contributed by atoms with Crippen LogP contribution in [0.2, 0.25) is 0 Å². The number of hydrogen-bond acceptors (Lipinski definition) is 3. The highest BCUT2D eigenvalue weighted by Crippen LogP contribution is 2.11. The first-order chi connectivity index (χ1) is 7.33. The molecule has 0 aliphatic rings. The molecule has 0 atom stereocenters. The first kappa shape index (κ1) is 9.16. The third-order valence-corrected chi connectivity index (χ3v) is 2.01. The van der Waals surface area contributed by atoms with Crippen molar-refractivity contribution in [2.24, 2.45) is 0 Å². The Bertz CT molecular complexity index is 523. The van der Waals surface area contributed by atoms with Gasteiger partial charge in [0.2, 0.25) is 5.78 Å². The van der Waals surface area contributed by atoms with Crippen LogP contribution in [0, 0.1) is 11.3 Å². The zero-order valence-corrected chi connectivity index (χ0v) is 7.77. The summed E-state index contributed by atoms with van der Waals surface area (Å²) in [6.45, 7) is 0. The second kappa shape index (κ2) is 3.76. The summed E-state index contributed by atoms with van der Waals surface area (Å²) in [6, 6.07) is 8.64. The van der Waals surface area contributed by atoms with E-state index in [0.29, 0.717) is 11.1 Å². The molecular weight excluding hydrogens is 190 g/mol. The van der Waals surface area contributed by atoms with Crippen LogP contribution in [0.4, 0.5) is 0 Å². The molecule has 15 heavy (non-hydrogen) atoms. The largest absolute Gasteiger partial charge is 0.342 e. The minimum Gasteiger partial charge on any atom is -0.342 e. The number of carbonyl (C=O) groups excluding carboxylic acids is 1. The maximum atomic E-state index is 11.8. The topological polar surface area (TPSA) is 69.5 Å². The third-order valence-electron chi connectivity index (χ3n) is 2.01. The zero-order valence-electron chi connectivity index (χ0n) is 7.77. The predicted molar refractivity (Wildman–Crippen MR) is 53.2 cm³/mol. The van der Waals surface area contributed by atoms with Crippen molar-refractivity contribution in [3.8, 4) is 6.07 Å². The number of rotatable bonds is 2. The van der Waals surface area contributed by atoms with Gasteiger partial charge in [0, 0.05) is 18.0 Å². The molecule has 0 saturated heterocycles. The van der Waals surface area contributed by atoms with E-state index in [1.165, 1.54) is 6.20 Å². The van der Waals surface area contributed by atoms with Gasteiger partial charge in [0.15, 0.2) is 5.82 Å². The number of benzene rings is 1. The number of nitrogens with zero attached hydrogens (tertiary/aromatic N) is 2. The summed E-state index contributed by atoms with van der Waals surface area (Å²) in [5.74, 6) is -0.0187. The molecule has 0 spiro atoms. The number of nitriles is 1. The summed E-state index contributed by atoms with van der Waals surface area (Å²) in [5, 5.41) is 8.83. The molecule has 72 valence electrons.